The van der Waals surface area contributed by atoms with Crippen molar-refractivity contribution in [3.8, 4) is 0 Å². The van der Waals surface area contributed by atoms with Gasteiger partial charge in [0.1, 0.15) is 0 Å². The van der Waals surface area contributed by atoms with E-state index in [0.29, 0.717) is 12.8 Å². The van der Waals surface area contributed by atoms with Crippen molar-refractivity contribution in [1.82, 2.24) is 5.01 Å². The molecule has 5 nitrogen and oxygen atoms in total. The first-order chi connectivity index (χ1) is 10.4. The zero-order chi connectivity index (χ0) is 17.6. The number of hydrogen-bond donors (Lipinski definition) is 1. The molecule has 0 aromatic rings. The summed E-state index contributed by atoms with van der Waals surface area (Å²) in [5, 5.41) is 14.3. The monoisotopic (exact) mass is 336 g/mol. The van der Waals surface area contributed by atoms with Gasteiger partial charge in [0.25, 0.3) is 5.72 Å². The van der Waals surface area contributed by atoms with E-state index in [2.05, 4.69) is 9.84 Å². The number of amides is 1. The van der Waals surface area contributed by atoms with E-state index in [1.54, 1.807) is 0 Å². The molecule has 8 heteroatoms. The molecule has 1 amide bonds. The van der Waals surface area contributed by atoms with Crippen LogP contribution in [0.2, 0.25) is 0 Å². The van der Waals surface area contributed by atoms with Crippen LogP contribution in [0, 0.1) is 17.3 Å². The molecule has 1 heterocycles. The predicted octanol–water partition coefficient (Wildman–Crippen LogP) is 3.53. The number of carbonyl (C=O) groups excluding carboxylic acids is 1. The van der Waals surface area contributed by atoms with Crippen LogP contribution in [0.1, 0.15) is 47.0 Å². The van der Waals surface area contributed by atoms with Gasteiger partial charge < -0.3 is 9.84 Å². The molecule has 2 rings (SSSR count). The van der Waals surface area contributed by atoms with E-state index in [9.17, 15) is 23.1 Å². The normalized spacial score (nSPS) is 31.7. The summed E-state index contributed by atoms with van der Waals surface area (Å²) in [7, 11) is 0. The smallest absolute Gasteiger partial charge is 0.439 e. The molecule has 1 aliphatic heterocycles. The van der Waals surface area contributed by atoms with Crippen molar-refractivity contribution in [3.05, 3.63) is 0 Å². The lowest BCUT2D eigenvalue weighted by atomic mass is 9.66. The number of carbonyl (C=O) groups is 1. The molecule has 1 aliphatic carbocycles. The number of hydrogen-bond acceptors (Lipinski definition) is 4. The summed E-state index contributed by atoms with van der Waals surface area (Å²) in [5.74, 6) is -1.24. The second-order valence-corrected chi connectivity index (χ2v) is 7.22. The first-order valence-corrected chi connectivity index (χ1v) is 7.76. The molecule has 0 radical (unpaired) electrons. The number of nitrogens with zero attached hydrogens (tertiary/aromatic N) is 2. The summed E-state index contributed by atoms with van der Waals surface area (Å²) in [5.41, 5.74) is -3.30. The van der Waals surface area contributed by atoms with Gasteiger partial charge in [-0.1, -0.05) is 20.8 Å². The maximum absolute atomic E-state index is 13.6. The van der Waals surface area contributed by atoms with Crippen LogP contribution >= 0.6 is 0 Å². The number of rotatable bonds is 1. The standard InChI is InChI=1S/C15H23F3N2O3/c1-5-23-12(21)20-14(22,15(16,17)18)10-8-9(13(2,3)4)6-7-11(10)19-20/h9-10,22H,5-8H2,1-4H3/t9-,10+,14-/m0/s1. The van der Waals surface area contributed by atoms with Crippen molar-refractivity contribution in [3.63, 3.8) is 0 Å². The third-order valence-electron chi connectivity index (χ3n) is 4.79. The average molecular weight is 336 g/mol. The van der Waals surface area contributed by atoms with Gasteiger partial charge in [0.2, 0.25) is 0 Å². The Balaban J connectivity index is 2.39. The van der Waals surface area contributed by atoms with Gasteiger partial charge in [-0.05, 0) is 37.5 Å². The number of fused-ring (bicyclic) bond motifs is 1. The Morgan fingerprint density at radius 2 is 2.04 bits per heavy atom. The lowest BCUT2D eigenvalue weighted by Crippen LogP contribution is -2.62. The van der Waals surface area contributed by atoms with Gasteiger partial charge in [-0.25, -0.2) is 4.79 Å². The Morgan fingerprint density at radius 1 is 1.43 bits per heavy atom. The Kier molecular flexibility index (Phi) is 4.43. The van der Waals surface area contributed by atoms with Gasteiger partial charge in [-0.3, -0.25) is 0 Å². The molecule has 1 saturated carbocycles. The predicted molar refractivity (Wildman–Crippen MR) is 77.6 cm³/mol. The molecular formula is C15H23F3N2O3. The van der Waals surface area contributed by atoms with Crippen LogP contribution < -0.4 is 0 Å². The van der Waals surface area contributed by atoms with Crippen molar-refractivity contribution in [2.45, 2.75) is 58.9 Å². The molecule has 3 atom stereocenters. The van der Waals surface area contributed by atoms with E-state index in [1.807, 2.05) is 20.8 Å². The first-order valence-electron chi connectivity index (χ1n) is 7.76. The Bertz CT molecular complexity index is 513. The number of aliphatic hydroxyl groups is 1. The molecular weight excluding hydrogens is 313 g/mol. The number of halogens is 3. The van der Waals surface area contributed by atoms with Crippen LogP contribution in [0.5, 0.6) is 0 Å². The topological polar surface area (TPSA) is 62.1 Å². The minimum Gasteiger partial charge on any atom is -0.448 e. The van der Waals surface area contributed by atoms with Gasteiger partial charge >= 0.3 is 12.3 Å². The highest BCUT2D eigenvalue weighted by molar-refractivity contribution is 5.92. The zero-order valence-corrected chi connectivity index (χ0v) is 13.8. The van der Waals surface area contributed by atoms with Crippen LogP contribution in [0.3, 0.4) is 0 Å². The largest absolute Gasteiger partial charge is 0.448 e. The second kappa shape index (κ2) is 5.65. The van der Waals surface area contributed by atoms with Crippen LogP contribution in [-0.2, 0) is 4.74 Å². The van der Waals surface area contributed by atoms with Gasteiger partial charge in [0, 0.05) is 5.71 Å². The fraction of sp³-hybridized carbons (Fsp3) is 0.867. The van der Waals surface area contributed by atoms with Gasteiger partial charge in [0.15, 0.2) is 0 Å². The maximum Gasteiger partial charge on any atom is 0.439 e. The molecule has 132 valence electrons. The molecule has 0 bridgehead atoms. The molecule has 1 N–H and O–H groups in total. The first kappa shape index (κ1) is 18.0. The summed E-state index contributed by atoms with van der Waals surface area (Å²) in [6.07, 6.45) is -5.14. The van der Waals surface area contributed by atoms with E-state index >= 15 is 0 Å². The van der Waals surface area contributed by atoms with E-state index in [4.69, 9.17) is 0 Å². The van der Waals surface area contributed by atoms with Crippen molar-refractivity contribution < 1.29 is 27.8 Å². The Labute approximate surface area is 133 Å². The number of alkyl halides is 3. The van der Waals surface area contributed by atoms with E-state index < -0.39 is 23.9 Å². The van der Waals surface area contributed by atoms with Crippen LogP contribution in [-0.4, -0.2) is 40.4 Å². The van der Waals surface area contributed by atoms with Crippen molar-refractivity contribution in [2.75, 3.05) is 6.61 Å². The van der Waals surface area contributed by atoms with Crippen molar-refractivity contribution in [2.24, 2.45) is 22.4 Å². The SMILES string of the molecule is CCOC(=O)N1N=C2CC[C@H](C(C)(C)C)C[C@H]2[C@]1(O)C(F)(F)F. The quantitative estimate of drug-likeness (QED) is 0.797. The fourth-order valence-corrected chi connectivity index (χ4v) is 3.37. The molecule has 0 saturated heterocycles. The highest BCUT2D eigenvalue weighted by Crippen LogP contribution is 2.51. The summed E-state index contributed by atoms with van der Waals surface area (Å²) in [6, 6.07) is 0. The summed E-state index contributed by atoms with van der Waals surface area (Å²) < 4.78 is 45.5. The van der Waals surface area contributed by atoms with Crippen molar-refractivity contribution >= 4 is 11.8 Å². The van der Waals surface area contributed by atoms with Crippen molar-refractivity contribution in [1.29, 1.82) is 0 Å². The molecule has 23 heavy (non-hydrogen) atoms. The molecule has 0 unspecified atom stereocenters. The molecule has 0 spiro atoms. The highest BCUT2D eigenvalue weighted by atomic mass is 19.4. The van der Waals surface area contributed by atoms with Gasteiger partial charge in [0.05, 0.1) is 12.5 Å². The summed E-state index contributed by atoms with van der Waals surface area (Å²) in [4.78, 5) is 11.9. The number of ether oxygens (including phenoxy) is 1. The molecule has 0 aromatic heterocycles. The molecule has 2 aliphatic rings. The van der Waals surface area contributed by atoms with Gasteiger partial charge in [-0.2, -0.15) is 23.3 Å². The Morgan fingerprint density at radius 3 is 2.52 bits per heavy atom. The van der Waals surface area contributed by atoms with Crippen LogP contribution in [0.25, 0.3) is 0 Å². The second-order valence-electron chi connectivity index (χ2n) is 7.22. The average Bonchev–Trinajstić information content (AvgIpc) is 2.72. The van der Waals surface area contributed by atoms with Crippen LogP contribution in [0.4, 0.5) is 18.0 Å². The van der Waals surface area contributed by atoms with E-state index in [-0.39, 0.29) is 35.1 Å². The van der Waals surface area contributed by atoms with E-state index in [1.165, 1.54) is 6.92 Å². The van der Waals surface area contributed by atoms with Crippen LogP contribution in [0.15, 0.2) is 5.10 Å². The lowest BCUT2D eigenvalue weighted by Gasteiger charge is -2.42. The highest BCUT2D eigenvalue weighted by Gasteiger charge is 2.69. The Hall–Kier alpha value is -1.31. The lowest BCUT2D eigenvalue weighted by molar-refractivity contribution is -0.316. The minimum absolute atomic E-state index is 0.00229. The number of hydrazone groups is 1. The fourth-order valence-electron chi connectivity index (χ4n) is 3.37. The third kappa shape index (κ3) is 2.93. The molecule has 0 aromatic carbocycles. The van der Waals surface area contributed by atoms with Gasteiger partial charge in [-0.15, -0.1) is 0 Å². The zero-order valence-electron chi connectivity index (χ0n) is 13.8. The summed E-state index contributed by atoms with van der Waals surface area (Å²) in [6.45, 7) is 7.28. The summed E-state index contributed by atoms with van der Waals surface area (Å²) >= 11 is 0. The molecule has 1 fully saturated rings. The maximum atomic E-state index is 13.6. The minimum atomic E-state index is -5.02. The van der Waals surface area contributed by atoms with E-state index in [0.717, 1.165) is 0 Å². The third-order valence-corrected chi connectivity index (χ3v) is 4.79.